The summed E-state index contributed by atoms with van der Waals surface area (Å²) in [5.41, 5.74) is 0.312. The second-order valence-electron chi connectivity index (χ2n) is 5.04. The standard InChI is InChI=1S/C11H20N2O.ClH/c1-9(2)13-8-11(7-10(13)14)3-5-12-6-4-11;/h9,12H,3-8H2,1-2H3;1H. The second-order valence-corrected chi connectivity index (χ2v) is 5.04. The van der Waals surface area contributed by atoms with Crippen LogP contribution in [0.15, 0.2) is 0 Å². The molecule has 2 fully saturated rings. The fraction of sp³-hybridized carbons (Fsp3) is 0.909. The summed E-state index contributed by atoms with van der Waals surface area (Å²) in [5.74, 6) is 0.363. The monoisotopic (exact) mass is 232 g/mol. The third-order valence-electron chi connectivity index (χ3n) is 3.64. The molecule has 0 aromatic carbocycles. The molecular weight excluding hydrogens is 212 g/mol. The first-order valence-corrected chi connectivity index (χ1v) is 5.63. The smallest absolute Gasteiger partial charge is 0.223 e. The van der Waals surface area contributed by atoms with Crippen molar-refractivity contribution in [3.05, 3.63) is 0 Å². The van der Waals surface area contributed by atoms with Crippen LogP contribution in [-0.2, 0) is 4.79 Å². The van der Waals surface area contributed by atoms with Gasteiger partial charge in [0.25, 0.3) is 0 Å². The van der Waals surface area contributed by atoms with Gasteiger partial charge in [-0.15, -0.1) is 12.4 Å². The van der Waals surface area contributed by atoms with Crippen LogP contribution in [0.2, 0.25) is 0 Å². The number of nitrogens with one attached hydrogen (secondary N) is 1. The minimum absolute atomic E-state index is 0. The largest absolute Gasteiger partial charge is 0.340 e. The zero-order valence-corrected chi connectivity index (χ0v) is 10.4. The Kier molecular flexibility index (Phi) is 4.01. The van der Waals surface area contributed by atoms with Crippen LogP contribution >= 0.6 is 12.4 Å². The van der Waals surface area contributed by atoms with Crippen molar-refractivity contribution in [2.24, 2.45) is 5.41 Å². The van der Waals surface area contributed by atoms with E-state index >= 15 is 0 Å². The van der Waals surface area contributed by atoms with Gasteiger partial charge < -0.3 is 10.2 Å². The molecular formula is C11H21ClN2O. The van der Waals surface area contributed by atoms with Crippen molar-refractivity contribution in [1.82, 2.24) is 10.2 Å². The molecule has 0 unspecified atom stereocenters. The summed E-state index contributed by atoms with van der Waals surface area (Å²) in [7, 11) is 0. The number of carbonyl (C=O) groups excluding carboxylic acids is 1. The Bertz CT molecular complexity index is 237. The number of piperidine rings is 1. The van der Waals surface area contributed by atoms with Gasteiger partial charge in [-0.1, -0.05) is 0 Å². The van der Waals surface area contributed by atoms with Crippen LogP contribution in [0.25, 0.3) is 0 Å². The number of amides is 1. The summed E-state index contributed by atoms with van der Waals surface area (Å²) in [6.45, 7) is 7.37. The molecule has 2 rings (SSSR count). The molecule has 0 radical (unpaired) electrons. The highest BCUT2D eigenvalue weighted by atomic mass is 35.5. The Morgan fingerprint density at radius 1 is 1.33 bits per heavy atom. The first kappa shape index (κ1) is 12.8. The van der Waals surface area contributed by atoms with Crippen LogP contribution in [0.4, 0.5) is 0 Å². The molecule has 0 aromatic rings. The number of rotatable bonds is 1. The molecule has 0 atom stereocenters. The van der Waals surface area contributed by atoms with Gasteiger partial charge in [0.15, 0.2) is 0 Å². The Morgan fingerprint density at radius 3 is 2.40 bits per heavy atom. The average Bonchev–Trinajstić information content (AvgIpc) is 2.44. The van der Waals surface area contributed by atoms with Crippen LogP contribution < -0.4 is 5.32 Å². The van der Waals surface area contributed by atoms with Crippen molar-refractivity contribution in [2.45, 2.75) is 39.2 Å². The summed E-state index contributed by atoms with van der Waals surface area (Å²) in [6, 6.07) is 0.372. The van der Waals surface area contributed by atoms with Crippen LogP contribution in [0, 0.1) is 5.41 Å². The van der Waals surface area contributed by atoms with E-state index in [1.54, 1.807) is 0 Å². The van der Waals surface area contributed by atoms with Crippen molar-refractivity contribution >= 4 is 18.3 Å². The molecule has 0 aliphatic carbocycles. The van der Waals surface area contributed by atoms with E-state index in [9.17, 15) is 4.79 Å². The minimum Gasteiger partial charge on any atom is -0.340 e. The van der Waals surface area contributed by atoms with E-state index in [0.29, 0.717) is 17.4 Å². The van der Waals surface area contributed by atoms with E-state index in [-0.39, 0.29) is 12.4 Å². The lowest BCUT2D eigenvalue weighted by Gasteiger charge is -2.33. The van der Waals surface area contributed by atoms with E-state index in [1.165, 1.54) is 12.8 Å². The molecule has 2 saturated heterocycles. The summed E-state index contributed by atoms with van der Waals surface area (Å²) >= 11 is 0. The van der Waals surface area contributed by atoms with Gasteiger partial charge in [0.2, 0.25) is 5.91 Å². The lowest BCUT2D eigenvalue weighted by molar-refractivity contribution is -0.129. The fourth-order valence-electron chi connectivity index (χ4n) is 2.69. The number of hydrogen-bond donors (Lipinski definition) is 1. The van der Waals surface area contributed by atoms with E-state index < -0.39 is 0 Å². The van der Waals surface area contributed by atoms with Gasteiger partial charge in [0.1, 0.15) is 0 Å². The first-order valence-electron chi connectivity index (χ1n) is 5.63. The predicted molar refractivity (Wildman–Crippen MR) is 63.3 cm³/mol. The molecule has 2 aliphatic rings. The molecule has 1 spiro atoms. The minimum atomic E-state index is 0. The highest BCUT2D eigenvalue weighted by Crippen LogP contribution is 2.39. The van der Waals surface area contributed by atoms with E-state index in [0.717, 1.165) is 26.1 Å². The highest BCUT2D eigenvalue weighted by molar-refractivity contribution is 5.85. The fourth-order valence-corrected chi connectivity index (χ4v) is 2.69. The predicted octanol–water partition coefficient (Wildman–Crippen LogP) is 1.42. The lowest BCUT2D eigenvalue weighted by atomic mass is 9.78. The maximum absolute atomic E-state index is 11.8. The Labute approximate surface area is 98.0 Å². The number of hydrogen-bond acceptors (Lipinski definition) is 2. The lowest BCUT2D eigenvalue weighted by Crippen LogP contribution is -2.40. The van der Waals surface area contributed by atoms with Gasteiger partial charge in [0, 0.05) is 19.0 Å². The molecule has 4 heteroatoms. The number of carbonyl (C=O) groups is 1. The van der Waals surface area contributed by atoms with Gasteiger partial charge in [0.05, 0.1) is 0 Å². The number of nitrogens with zero attached hydrogens (tertiary/aromatic N) is 1. The normalized spacial score (nSPS) is 24.7. The topological polar surface area (TPSA) is 32.3 Å². The molecule has 88 valence electrons. The zero-order chi connectivity index (χ0) is 10.2. The van der Waals surface area contributed by atoms with E-state index in [2.05, 4.69) is 19.2 Å². The van der Waals surface area contributed by atoms with Crippen molar-refractivity contribution < 1.29 is 4.79 Å². The molecule has 3 nitrogen and oxygen atoms in total. The maximum atomic E-state index is 11.8. The average molecular weight is 233 g/mol. The molecule has 15 heavy (non-hydrogen) atoms. The summed E-state index contributed by atoms with van der Waals surface area (Å²) in [4.78, 5) is 13.8. The Hall–Kier alpha value is -0.280. The van der Waals surface area contributed by atoms with Crippen molar-refractivity contribution in [3.63, 3.8) is 0 Å². The molecule has 0 saturated carbocycles. The van der Waals surface area contributed by atoms with Gasteiger partial charge in [-0.05, 0) is 45.2 Å². The Morgan fingerprint density at radius 2 is 1.93 bits per heavy atom. The second kappa shape index (κ2) is 4.71. The van der Waals surface area contributed by atoms with Crippen LogP contribution in [0.5, 0.6) is 0 Å². The summed E-state index contributed by atoms with van der Waals surface area (Å²) in [5, 5.41) is 3.36. The van der Waals surface area contributed by atoms with Crippen LogP contribution in [0.3, 0.4) is 0 Å². The molecule has 0 bridgehead atoms. The third kappa shape index (κ3) is 2.45. The SMILES string of the molecule is CC(C)N1CC2(CCNCC2)CC1=O.Cl. The summed E-state index contributed by atoms with van der Waals surface area (Å²) in [6.07, 6.45) is 3.12. The molecule has 1 N–H and O–H groups in total. The van der Waals surface area contributed by atoms with Crippen LogP contribution in [-0.4, -0.2) is 36.5 Å². The molecule has 2 aliphatic heterocycles. The number of likely N-dealkylation sites (tertiary alicyclic amines) is 1. The van der Waals surface area contributed by atoms with E-state index in [1.807, 2.05) is 4.90 Å². The number of halogens is 1. The van der Waals surface area contributed by atoms with Crippen LogP contribution in [0.1, 0.15) is 33.1 Å². The molecule has 0 aromatic heterocycles. The van der Waals surface area contributed by atoms with Crippen molar-refractivity contribution in [1.29, 1.82) is 0 Å². The van der Waals surface area contributed by atoms with Gasteiger partial charge in [-0.25, -0.2) is 0 Å². The first-order chi connectivity index (χ1) is 6.63. The van der Waals surface area contributed by atoms with Crippen molar-refractivity contribution in [2.75, 3.05) is 19.6 Å². The third-order valence-corrected chi connectivity index (χ3v) is 3.64. The molecule has 1 amide bonds. The highest BCUT2D eigenvalue weighted by Gasteiger charge is 2.44. The van der Waals surface area contributed by atoms with Gasteiger partial charge in [-0.2, -0.15) is 0 Å². The zero-order valence-electron chi connectivity index (χ0n) is 9.58. The maximum Gasteiger partial charge on any atom is 0.223 e. The quantitative estimate of drug-likeness (QED) is 0.742. The van der Waals surface area contributed by atoms with Gasteiger partial charge in [-0.3, -0.25) is 4.79 Å². The Balaban J connectivity index is 0.00000112. The molecule has 2 heterocycles. The summed E-state index contributed by atoms with van der Waals surface area (Å²) < 4.78 is 0. The van der Waals surface area contributed by atoms with Crippen molar-refractivity contribution in [3.8, 4) is 0 Å². The van der Waals surface area contributed by atoms with Gasteiger partial charge >= 0.3 is 0 Å². The van der Waals surface area contributed by atoms with E-state index in [4.69, 9.17) is 0 Å².